The van der Waals surface area contributed by atoms with Gasteiger partial charge in [0.1, 0.15) is 22.8 Å². The van der Waals surface area contributed by atoms with Crippen LogP contribution in [-0.2, 0) is 27.3 Å². The minimum atomic E-state index is -1.07. The Kier molecular flexibility index (Phi) is 14.0. The predicted molar refractivity (Wildman–Crippen MR) is 210 cm³/mol. The summed E-state index contributed by atoms with van der Waals surface area (Å²) in [6.45, 7) is 11.1. The summed E-state index contributed by atoms with van der Waals surface area (Å²) in [4.78, 5) is 62.4. The van der Waals surface area contributed by atoms with Crippen molar-refractivity contribution in [3.05, 3.63) is 86.9 Å². The second-order valence-corrected chi connectivity index (χ2v) is 16.5. The van der Waals surface area contributed by atoms with Gasteiger partial charge in [-0.05, 0) is 74.7 Å². The van der Waals surface area contributed by atoms with Crippen LogP contribution in [0.3, 0.4) is 0 Å². The number of nitrogens with zero attached hydrogens (tertiary/aromatic N) is 3. The lowest BCUT2D eigenvalue weighted by atomic mass is 9.79. The second kappa shape index (κ2) is 18.5. The number of aliphatic hydroxyl groups excluding tert-OH is 1. The monoisotopic (exact) mass is 759 g/mol. The highest BCUT2D eigenvalue weighted by atomic mass is 32.1. The van der Waals surface area contributed by atoms with E-state index in [0.29, 0.717) is 24.4 Å². The minimum Gasteiger partial charge on any atom is -0.481 e. The molecule has 3 amide bonds. The third kappa shape index (κ3) is 9.94. The van der Waals surface area contributed by atoms with Gasteiger partial charge in [-0.3, -0.25) is 24.1 Å². The molecule has 3 unspecified atom stereocenters. The number of likely N-dealkylation sites (N-methyl/N-ethyl adjacent to an activating group) is 1. The number of thiazole rings is 1. The highest BCUT2D eigenvalue weighted by Crippen LogP contribution is 2.34. The van der Waals surface area contributed by atoms with Crippen LogP contribution in [0, 0.1) is 18.8 Å². The zero-order valence-corrected chi connectivity index (χ0v) is 33.3. The van der Waals surface area contributed by atoms with Gasteiger partial charge in [-0.1, -0.05) is 94.6 Å². The molecule has 0 bridgehead atoms. The maximum Gasteiger partial charge on any atom is 0.311 e. The highest BCUT2D eigenvalue weighted by Gasteiger charge is 2.38. The fourth-order valence-electron chi connectivity index (χ4n) is 7.88. The Bertz CT molecular complexity index is 1760. The second-order valence-electron chi connectivity index (χ2n) is 15.7. The number of aryl methyl sites for hydroxylation is 1. The van der Waals surface area contributed by atoms with E-state index in [1.807, 2.05) is 95.1 Å². The molecule has 1 aliphatic carbocycles. The number of benzene rings is 2. The van der Waals surface area contributed by atoms with Gasteiger partial charge in [0, 0.05) is 30.4 Å². The number of rotatable bonds is 15. The van der Waals surface area contributed by atoms with E-state index in [1.54, 1.807) is 5.38 Å². The number of amides is 3. The molecular formula is C42H57N5O6S. The van der Waals surface area contributed by atoms with Crippen LogP contribution >= 0.6 is 11.3 Å². The standard InChI is InChI=1S/C42H57N5O6S/c1-7-27(5)37(45-39(50)34-15-11-12-18-46(34)6)41(51)47(23-28-13-9-8-10-14-28)35(25(2)3)22-36(48)40-44-33(24-54-40)38(49)43-30-20-29-17-16-26(4)19-31(29)32(21-30)42(52)53/h8-10,13-14,16-17,19,24-25,27,30,32,34-37,48H,7,11-12,15,18,20-23H2,1-6H3,(H,43,49)(H,45,50)(H,52,53)/t27?,30-,32+,34?,35+,36+,37?/m0/s1. The molecule has 2 heterocycles. The van der Waals surface area contributed by atoms with E-state index in [-0.39, 0.29) is 54.3 Å². The number of nitrogens with one attached hydrogen (secondary N) is 2. The molecule has 12 heteroatoms. The van der Waals surface area contributed by atoms with Crippen molar-refractivity contribution in [3.63, 3.8) is 0 Å². The summed E-state index contributed by atoms with van der Waals surface area (Å²) in [7, 11) is 1.96. The van der Waals surface area contributed by atoms with E-state index in [1.165, 1.54) is 11.3 Å². The number of carbonyl (C=O) groups is 4. The molecule has 2 aliphatic rings. The molecule has 4 N–H and O–H groups in total. The van der Waals surface area contributed by atoms with Gasteiger partial charge in [-0.15, -0.1) is 11.3 Å². The summed E-state index contributed by atoms with van der Waals surface area (Å²) in [5.74, 6) is -2.57. The molecule has 2 aromatic carbocycles. The average Bonchev–Trinajstić information content (AvgIpc) is 3.66. The molecule has 3 aromatic rings. The van der Waals surface area contributed by atoms with Crippen molar-refractivity contribution in [2.24, 2.45) is 11.8 Å². The van der Waals surface area contributed by atoms with Crippen LogP contribution in [0.2, 0.25) is 0 Å². The first kappa shape index (κ1) is 41.0. The van der Waals surface area contributed by atoms with E-state index < -0.39 is 36.0 Å². The molecule has 0 saturated carbocycles. The van der Waals surface area contributed by atoms with Crippen LogP contribution in [-0.4, -0.2) is 86.4 Å². The first-order chi connectivity index (χ1) is 25.8. The molecule has 54 heavy (non-hydrogen) atoms. The molecule has 7 atom stereocenters. The summed E-state index contributed by atoms with van der Waals surface area (Å²) in [6.07, 6.45) is 3.36. The average molecular weight is 760 g/mol. The molecule has 1 fully saturated rings. The molecular weight excluding hydrogens is 703 g/mol. The normalized spacial score (nSPS) is 21.0. The van der Waals surface area contributed by atoms with Crippen LogP contribution in [0.4, 0.5) is 0 Å². The maximum atomic E-state index is 14.8. The molecule has 0 radical (unpaired) electrons. The van der Waals surface area contributed by atoms with Crippen molar-refractivity contribution >= 4 is 35.0 Å². The number of aliphatic carboxylic acids is 1. The zero-order chi connectivity index (χ0) is 39.1. The molecule has 11 nitrogen and oxygen atoms in total. The van der Waals surface area contributed by atoms with E-state index >= 15 is 0 Å². The number of aliphatic hydroxyl groups is 1. The Morgan fingerprint density at radius 3 is 2.48 bits per heavy atom. The zero-order valence-electron chi connectivity index (χ0n) is 32.5. The van der Waals surface area contributed by atoms with Crippen LogP contribution in [0.1, 0.15) is 116 Å². The smallest absolute Gasteiger partial charge is 0.311 e. The molecule has 1 aliphatic heterocycles. The number of likely N-dealkylation sites (tertiary alicyclic amines) is 1. The van der Waals surface area contributed by atoms with Crippen LogP contribution in [0.5, 0.6) is 0 Å². The largest absolute Gasteiger partial charge is 0.481 e. The number of piperidine rings is 1. The summed E-state index contributed by atoms with van der Waals surface area (Å²) < 4.78 is 0. The lowest BCUT2D eigenvalue weighted by Crippen LogP contribution is -2.58. The van der Waals surface area contributed by atoms with Crippen molar-refractivity contribution in [1.29, 1.82) is 0 Å². The molecule has 1 aromatic heterocycles. The van der Waals surface area contributed by atoms with Gasteiger partial charge in [0.15, 0.2) is 0 Å². The van der Waals surface area contributed by atoms with E-state index in [9.17, 15) is 29.4 Å². The van der Waals surface area contributed by atoms with Crippen molar-refractivity contribution < 1.29 is 29.4 Å². The Balaban J connectivity index is 1.34. The fraction of sp³-hybridized carbons (Fsp3) is 0.548. The van der Waals surface area contributed by atoms with Crippen molar-refractivity contribution in [1.82, 2.24) is 25.4 Å². The first-order valence-electron chi connectivity index (χ1n) is 19.4. The van der Waals surface area contributed by atoms with E-state index in [2.05, 4.69) is 20.5 Å². The van der Waals surface area contributed by atoms with Gasteiger partial charge in [-0.25, -0.2) is 4.98 Å². The van der Waals surface area contributed by atoms with Gasteiger partial charge in [0.05, 0.1) is 12.0 Å². The quantitative estimate of drug-likeness (QED) is 0.151. The van der Waals surface area contributed by atoms with Crippen molar-refractivity contribution in [2.45, 2.75) is 122 Å². The van der Waals surface area contributed by atoms with E-state index in [0.717, 1.165) is 48.1 Å². The molecule has 5 rings (SSSR count). The van der Waals surface area contributed by atoms with Gasteiger partial charge >= 0.3 is 5.97 Å². The third-order valence-corrected chi connectivity index (χ3v) is 12.2. The Hall–Kier alpha value is -4.13. The minimum absolute atomic E-state index is 0.0621. The molecule has 292 valence electrons. The molecule has 1 saturated heterocycles. The molecule has 0 spiro atoms. The number of fused-ring (bicyclic) bond motifs is 1. The number of carboxylic acid groups (broad SMARTS) is 1. The van der Waals surface area contributed by atoms with Crippen LogP contribution in [0.25, 0.3) is 0 Å². The van der Waals surface area contributed by atoms with E-state index in [4.69, 9.17) is 0 Å². The number of carboxylic acids is 1. The Labute approximate surface area is 323 Å². The van der Waals surface area contributed by atoms with Crippen molar-refractivity contribution in [3.8, 4) is 0 Å². The number of carbonyl (C=O) groups excluding carboxylic acids is 3. The topological polar surface area (TPSA) is 152 Å². The summed E-state index contributed by atoms with van der Waals surface area (Å²) in [5.41, 5.74) is 3.78. The SMILES string of the molecule is CCC(C)C(NC(=O)C1CCCCN1C)C(=O)N(Cc1ccccc1)[C@H](C[C@@H](O)c1nc(C(=O)N[C@H]2Cc3ccc(C)cc3[C@H](C(=O)O)C2)cs1)C(C)C. The first-order valence-corrected chi connectivity index (χ1v) is 20.3. The van der Waals surface area contributed by atoms with Gasteiger partial charge < -0.3 is 25.7 Å². The summed E-state index contributed by atoms with van der Waals surface area (Å²) in [5, 5.41) is 29.7. The lowest BCUT2D eigenvalue weighted by Gasteiger charge is -2.40. The highest BCUT2D eigenvalue weighted by molar-refractivity contribution is 7.09. The summed E-state index contributed by atoms with van der Waals surface area (Å²) >= 11 is 1.18. The number of hydrogen-bond donors (Lipinski definition) is 4. The van der Waals surface area contributed by atoms with Crippen molar-refractivity contribution in [2.75, 3.05) is 13.6 Å². The fourth-order valence-corrected chi connectivity index (χ4v) is 8.67. The van der Waals surface area contributed by atoms with Gasteiger partial charge in [-0.2, -0.15) is 0 Å². The van der Waals surface area contributed by atoms with Crippen LogP contribution < -0.4 is 10.6 Å². The Morgan fingerprint density at radius 1 is 1.07 bits per heavy atom. The maximum absolute atomic E-state index is 14.8. The Morgan fingerprint density at radius 2 is 1.81 bits per heavy atom. The van der Waals surface area contributed by atoms with Gasteiger partial charge in [0.2, 0.25) is 11.8 Å². The van der Waals surface area contributed by atoms with Gasteiger partial charge in [0.25, 0.3) is 5.91 Å². The number of aromatic nitrogens is 1. The van der Waals surface area contributed by atoms with Crippen LogP contribution in [0.15, 0.2) is 53.9 Å². The third-order valence-electron chi connectivity index (χ3n) is 11.3. The lowest BCUT2D eigenvalue weighted by molar-refractivity contribution is -0.143. The summed E-state index contributed by atoms with van der Waals surface area (Å²) in [6, 6.07) is 13.7. The number of hydrogen-bond acceptors (Lipinski definition) is 8. The predicted octanol–water partition coefficient (Wildman–Crippen LogP) is 5.86.